The van der Waals surface area contributed by atoms with Crippen molar-refractivity contribution in [2.45, 2.75) is 70.9 Å². The van der Waals surface area contributed by atoms with E-state index in [0.717, 1.165) is 19.3 Å². The Balaban J connectivity index is 3.25. The molecule has 7 nitrogen and oxygen atoms in total. The van der Waals surface area contributed by atoms with Crippen LogP contribution in [-0.2, 0) is 4.79 Å². The van der Waals surface area contributed by atoms with Gasteiger partial charge in [0.15, 0.2) is 17.3 Å². The summed E-state index contributed by atoms with van der Waals surface area (Å²) in [5, 5.41) is 41.1. The van der Waals surface area contributed by atoms with Gasteiger partial charge >= 0.3 is 5.97 Å². The number of rotatable bonds is 11. The van der Waals surface area contributed by atoms with Crippen LogP contribution in [0.15, 0.2) is 24.4 Å². The lowest BCUT2D eigenvalue weighted by atomic mass is 9.90. The van der Waals surface area contributed by atoms with E-state index < -0.39 is 17.6 Å². The van der Waals surface area contributed by atoms with Gasteiger partial charge in [0.1, 0.15) is 0 Å². The van der Waals surface area contributed by atoms with Crippen LogP contribution in [0.25, 0.3) is 0 Å². The molecule has 0 saturated heterocycles. The number of carboxylic acid groups (broad SMARTS) is 1. The van der Waals surface area contributed by atoms with Crippen LogP contribution in [0.2, 0.25) is 0 Å². The highest BCUT2D eigenvalue weighted by atomic mass is 16.5. The second-order valence-electron chi connectivity index (χ2n) is 6.28. The van der Waals surface area contributed by atoms with Crippen molar-refractivity contribution < 1.29 is 25.3 Å². The van der Waals surface area contributed by atoms with Crippen LogP contribution in [0.3, 0.4) is 0 Å². The molecule has 0 saturated carbocycles. The Labute approximate surface area is 148 Å². The zero-order valence-corrected chi connectivity index (χ0v) is 15.3. The van der Waals surface area contributed by atoms with Crippen molar-refractivity contribution in [3.8, 4) is 11.8 Å². The molecule has 25 heavy (non-hydrogen) atoms. The van der Waals surface area contributed by atoms with Crippen molar-refractivity contribution >= 4 is 5.97 Å². The number of carbonyl (C=O) groups is 1. The topological polar surface area (TPSA) is 106 Å². The summed E-state index contributed by atoms with van der Waals surface area (Å²) in [6.07, 6.45) is 3.56. The molecule has 0 aliphatic heterocycles. The highest BCUT2D eigenvalue weighted by Gasteiger charge is 2.43. The van der Waals surface area contributed by atoms with Crippen molar-refractivity contribution in [2.75, 3.05) is 0 Å². The summed E-state index contributed by atoms with van der Waals surface area (Å²) in [4.78, 5) is 11.8. The highest BCUT2D eigenvalue weighted by Crippen LogP contribution is 2.38. The van der Waals surface area contributed by atoms with Crippen molar-refractivity contribution in [1.29, 1.82) is 0 Å². The second kappa shape index (κ2) is 8.80. The first-order valence-electron chi connectivity index (χ1n) is 8.77. The first-order chi connectivity index (χ1) is 11.8. The summed E-state index contributed by atoms with van der Waals surface area (Å²) in [6.45, 7) is 9.31. The van der Waals surface area contributed by atoms with Crippen molar-refractivity contribution in [3.63, 3.8) is 0 Å². The van der Waals surface area contributed by atoms with Crippen LogP contribution in [0.1, 0.15) is 65.3 Å². The quantitative estimate of drug-likeness (QED) is 0.355. The van der Waals surface area contributed by atoms with Gasteiger partial charge in [-0.25, -0.2) is 9.86 Å². The maximum atomic E-state index is 11.8. The molecule has 0 fully saturated rings. The van der Waals surface area contributed by atoms with Gasteiger partial charge in [0, 0.05) is 12.1 Å². The second-order valence-corrected chi connectivity index (χ2v) is 6.28. The van der Waals surface area contributed by atoms with Crippen molar-refractivity contribution in [2.24, 2.45) is 0 Å². The van der Waals surface area contributed by atoms with Crippen LogP contribution >= 0.6 is 0 Å². The Morgan fingerprint density at radius 2 is 1.72 bits per heavy atom. The summed E-state index contributed by atoms with van der Waals surface area (Å²) in [6, 6.07) is 2.05. The van der Waals surface area contributed by atoms with E-state index in [2.05, 4.69) is 13.5 Å². The fourth-order valence-electron chi connectivity index (χ4n) is 3.14. The monoisotopic (exact) mass is 354 g/mol. The lowest BCUT2D eigenvalue weighted by Gasteiger charge is -2.40. The fraction of sp³-hybridized carbons (Fsp3) is 0.611. The van der Waals surface area contributed by atoms with E-state index in [4.69, 9.17) is 0 Å². The summed E-state index contributed by atoms with van der Waals surface area (Å²) in [5.41, 5.74) is -1.37. The molecule has 4 N–H and O–H groups in total. The number of carboxylic acids is 1. The normalized spacial score (nSPS) is 12.8. The number of aromatic hydroxyl groups is 2. The summed E-state index contributed by atoms with van der Waals surface area (Å²) in [5.74, 6) is -1.47. The number of unbranched alkanes of at least 4 members (excludes halogenated alkanes) is 2. The zero-order chi connectivity index (χ0) is 19.2. The molecule has 7 heteroatoms. The van der Waals surface area contributed by atoms with Gasteiger partial charge in [-0.15, -0.1) is 0 Å². The standard InChI is InChI=1S/C18H30N2O5/c1-5-8-9-10-14(19-15(21)11-12-16(19)22)13(4)20(25)18(6-2,7-3)17(23)24/h11-12,14,21-22,25H,4-10H2,1-3H3,(H,23,24). The Morgan fingerprint density at radius 3 is 2.12 bits per heavy atom. The number of aliphatic carboxylic acids is 1. The Morgan fingerprint density at radius 1 is 1.20 bits per heavy atom. The first-order valence-corrected chi connectivity index (χ1v) is 8.77. The minimum absolute atomic E-state index is 0.129. The largest absolute Gasteiger partial charge is 0.494 e. The third-order valence-electron chi connectivity index (χ3n) is 4.90. The first kappa shape index (κ1) is 20.9. The molecule has 1 unspecified atom stereocenters. The molecule has 1 atom stereocenters. The summed E-state index contributed by atoms with van der Waals surface area (Å²) >= 11 is 0. The lowest BCUT2D eigenvalue weighted by molar-refractivity contribution is -0.187. The van der Waals surface area contributed by atoms with Gasteiger partial charge in [0.05, 0.1) is 11.7 Å². The van der Waals surface area contributed by atoms with Crippen molar-refractivity contribution in [1.82, 2.24) is 9.63 Å². The van der Waals surface area contributed by atoms with Gasteiger partial charge in [-0.1, -0.05) is 46.6 Å². The minimum atomic E-state index is -1.50. The summed E-state index contributed by atoms with van der Waals surface area (Å²) < 4.78 is 1.26. The molecule has 0 bridgehead atoms. The predicted octanol–water partition coefficient (Wildman–Crippen LogP) is 3.87. The third-order valence-corrected chi connectivity index (χ3v) is 4.90. The number of hydrogen-bond donors (Lipinski definition) is 4. The van der Waals surface area contributed by atoms with Gasteiger partial charge < -0.3 is 15.3 Å². The molecule has 0 aromatic carbocycles. The average molecular weight is 354 g/mol. The number of nitrogens with zero attached hydrogens (tertiary/aromatic N) is 2. The molecule has 1 aromatic heterocycles. The SMILES string of the molecule is C=C(C(CCCCC)n1c(O)ccc1O)N(O)C(CC)(CC)C(=O)O. The summed E-state index contributed by atoms with van der Waals surface area (Å²) in [7, 11) is 0. The molecule has 0 spiro atoms. The van der Waals surface area contributed by atoms with Crippen LogP contribution in [0.5, 0.6) is 11.8 Å². The van der Waals surface area contributed by atoms with Crippen LogP contribution < -0.4 is 0 Å². The van der Waals surface area contributed by atoms with Gasteiger partial charge in [-0.05, 0) is 19.3 Å². The van der Waals surface area contributed by atoms with Gasteiger partial charge in [-0.2, -0.15) is 0 Å². The van der Waals surface area contributed by atoms with E-state index in [-0.39, 0.29) is 30.3 Å². The average Bonchev–Trinajstić information content (AvgIpc) is 2.91. The van der Waals surface area contributed by atoms with Crippen LogP contribution in [-0.4, -0.2) is 41.7 Å². The van der Waals surface area contributed by atoms with Gasteiger partial charge in [0.25, 0.3) is 0 Å². The molecule has 0 amide bonds. The molecule has 0 radical (unpaired) electrons. The minimum Gasteiger partial charge on any atom is -0.494 e. The predicted molar refractivity (Wildman–Crippen MR) is 94.7 cm³/mol. The molecular weight excluding hydrogens is 324 g/mol. The Bertz CT molecular complexity index is 573. The van der Waals surface area contributed by atoms with E-state index in [0.29, 0.717) is 11.5 Å². The molecule has 1 aromatic rings. The fourth-order valence-corrected chi connectivity index (χ4v) is 3.14. The Kier molecular flexibility index (Phi) is 7.36. The molecule has 0 aliphatic rings. The van der Waals surface area contributed by atoms with Gasteiger partial charge in [0.2, 0.25) is 0 Å². The van der Waals surface area contributed by atoms with E-state index in [1.807, 2.05) is 0 Å². The number of hydrogen-bond acceptors (Lipinski definition) is 5. The molecule has 0 aliphatic carbocycles. The highest BCUT2D eigenvalue weighted by molar-refractivity contribution is 5.78. The van der Waals surface area contributed by atoms with Crippen LogP contribution in [0, 0.1) is 0 Å². The van der Waals surface area contributed by atoms with E-state index >= 15 is 0 Å². The maximum absolute atomic E-state index is 11.8. The van der Waals surface area contributed by atoms with Crippen LogP contribution in [0.4, 0.5) is 0 Å². The number of aromatic nitrogens is 1. The van der Waals surface area contributed by atoms with E-state index in [1.54, 1.807) is 13.8 Å². The van der Waals surface area contributed by atoms with E-state index in [1.165, 1.54) is 16.7 Å². The number of hydroxylamine groups is 2. The van der Waals surface area contributed by atoms with Crippen molar-refractivity contribution in [3.05, 3.63) is 24.4 Å². The lowest BCUT2D eigenvalue weighted by Crippen LogP contribution is -2.52. The molecule has 1 heterocycles. The Hall–Kier alpha value is -2.15. The molecule has 142 valence electrons. The maximum Gasteiger partial charge on any atom is 0.332 e. The smallest absolute Gasteiger partial charge is 0.332 e. The van der Waals surface area contributed by atoms with E-state index in [9.17, 15) is 25.3 Å². The zero-order valence-electron chi connectivity index (χ0n) is 15.3. The molecule has 1 rings (SSSR count). The number of allylic oxidation sites excluding steroid dienone is 1. The van der Waals surface area contributed by atoms with Gasteiger partial charge in [-0.3, -0.25) is 9.77 Å². The third kappa shape index (κ3) is 4.10. The molecular formula is C18H30N2O5.